The van der Waals surface area contributed by atoms with Crippen LogP contribution in [0.3, 0.4) is 0 Å². The lowest BCUT2D eigenvalue weighted by atomic mass is 9.33. The Kier molecular flexibility index (Phi) is 9.69. The van der Waals surface area contributed by atoms with Crippen molar-refractivity contribution >= 4 is 111 Å². The van der Waals surface area contributed by atoms with Gasteiger partial charge >= 0.3 is 0 Å². The highest BCUT2D eigenvalue weighted by atomic mass is 32.1. The van der Waals surface area contributed by atoms with Crippen molar-refractivity contribution in [1.29, 1.82) is 0 Å². The third-order valence-corrected chi connectivity index (χ3v) is 18.4. The Bertz CT molecular complexity index is 4160. The summed E-state index contributed by atoms with van der Waals surface area (Å²) in [6.45, 7) is 23.7. The molecule has 362 valence electrons. The van der Waals surface area contributed by atoms with E-state index in [1.165, 1.54) is 121 Å². The molecule has 0 fully saturated rings. The molecule has 3 aliphatic rings. The molecule has 0 unspecified atom stereocenters. The Morgan fingerprint density at radius 3 is 1.93 bits per heavy atom. The topological polar surface area (TPSA) is 19.6 Å². The Labute approximate surface area is 440 Å². The second-order valence-electron chi connectivity index (χ2n) is 24.1. The highest BCUT2D eigenvalue weighted by Crippen LogP contribution is 2.55. The molecule has 0 saturated carbocycles. The van der Waals surface area contributed by atoms with Gasteiger partial charge < -0.3 is 14.2 Å². The zero-order chi connectivity index (χ0) is 50.7. The number of nitrogens with zero attached hydrogens (tertiary/aromatic N) is 2. The number of hydrogen-bond acceptors (Lipinski definition) is 4. The van der Waals surface area contributed by atoms with Gasteiger partial charge in [-0.05, 0) is 177 Å². The standard InChI is InChI=1S/C69H61BN2OS/c1-40-32-41(2)63(42(3)33-40)44-34-57-65-58(35-44)72(55-27-24-45(67(4,5)6)36-49(55)43-18-12-11-13-19-43)66-53(26-29-62-64(66)48-21-15-17-23-61(48)74-62)70(65)54-38-51-52(69(9,10)31-30-68(51,7)8)39-56(54)71(57)46-25-28-60-50(37-46)47-20-14-16-22-59(47)73-60/h11-29,32-39H,30-31H2,1-10H3. The number of hydrogen-bond donors (Lipinski definition) is 0. The zero-order valence-corrected chi connectivity index (χ0v) is 45.1. The van der Waals surface area contributed by atoms with Crippen molar-refractivity contribution in [3.63, 3.8) is 0 Å². The van der Waals surface area contributed by atoms with E-state index < -0.39 is 0 Å². The summed E-state index contributed by atoms with van der Waals surface area (Å²) in [5.41, 5.74) is 26.1. The van der Waals surface area contributed by atoms with E-state index in [1.807, 2.05) is 11.3 Å². The minimum Gasteiger partial charge on any atom is -0.456 e. The van der Waals surface area contributed by atoms with Gasteiger partial charge in [-0.15, -0.1) is 11.3 Å². The van der Waals surface area contributed by atoms with Crippen molar-refractivity contribution in [2.45, 2.75) is 98.3 Å². The molecular formula is C69H61BN2OS. The molecule has 0 spiro atoms. The van der Waals surface area contributed by atoms with Gasteiger partial charge in [0.15, 0.2) is 0 Å². The second kappa shape index (κ2) is 15.8. The van der Waals surface area contributed by atoms with Gasteiger partial charge in [-0.2, -0.15) is 0 Å². The molecule has 9 aromatic carbocycles. The molecule has 0 radical (unpaired) electrons. The third kappa shape index (κ3) is 6.64. The maximum absolute atomic E-state index is 6.55. The van der Waals surface area contributed by atoms with Crippen LogP contribution in [0.2, 0.25) is 0 Å². The largest absolute Gasteiger partial charge is 0.456 e. The quantitative estimate of drug-likeness (QED) is 0.164. The molecule has 3 nitrogen and oxygen atoms in total. The Morgan fingerprint density at radius 2 is 1.19 bits per heavy atom. The van der Waals surface area contributed by atoms with Gasteiger partial charge in [0, 0.05) is 59.3 Å². The van der Waals surface area contributed by atoms with Gasteiger partial charge in [0.25, 0.3) is 6.71 Å². The fourth-order valence-electron chi connectivity index (χ4n) is 13.6. The number of fused-ring (bicyclic) bond motifs is 12. The second-order valence-corrected chi connectivity index (χ2v) is 25.2. The molecule has 2 aromatic heterocycles. The van der Waals surface area contributed by atoms with Crippen LogP contribution in [-0.4, -0.2) is 6.71 Å². The SMILES string of the molecule is Cc1cc(C)c(-c2cc3c4c(c2)N(c2ccc(C(C)(C)C)cc2-c2ccccc2)c2c(ccc5sc6ccccc6c25)B4c2cc4c(cc2N3c2ccc3oc5ccccc5c3c2)C(C)(C)CCC4(C)C)c(C)c1. The van der Waals surface area contributed by atoms with Crippen molar-refractivity contribution in [2.24, 2.45) is 0 Å². The Balaban J connectivity index is 1.19. The number of aryl methyl sites for hydroxylation is 3. The van der Waals surface area contributed by atoms with Crippen LogP contribution < -0.4 is 26.2 Å². The summed E-state index contributed by atoms with van der Waals surface area (Å²) in [6.07, 6.45) is 2.28. The summed E-state index contributed by atoms with van der Waals surface area (Å²) >= 11 is 1.91. The first-order chi connectivity index (χ1) is 35.5. The van der Waals surface area contributed by atoms with Gasteiger partial charge in [-0.25, -0.2) is 0 Å². The van der Waals surface area contributed by atoms with Crippen LogP contribution in [-0.2, 0) is 16.2 Å². The van der Waals surface area contributed by atoms with Crippen molar-refractivity contribution in [1.82, 2.24) is 0 Å². The number of thiophene rings is 1. The molecule has 14 rings (SSSR count). The van der Waals surface area contributed by atoms with Crippen LogP contribution in [0.4, 0.5) is 34.1 Å². The molecule has 0 N–H and O–H groups in total. The van der Waals surface area contributed by atoms with Gasteiger partial charge in [0.1, 0.15) is 11.2 Å². The van der Waals surface area contributed by atoms with Crippen molar-refractivity contribution in [3.8, 4) is 22.3 Å². The zero-order valence-electron chi connectivity index (χ0n) is 44.3. The summed E-state index contributed by atoms with van der Waals surface area (Å²) in [6, 6.07) is 63.0. The lowest BCUT2D eigenvalue weighted by Gasteiger charge is -2.48. The van der Waals surface area contributed by atoms with Crippen molar-refractivity contribution < 1.29 is 4.42 Å². The molecule has 4 heterocycles. The molecule has 1 aliphatic carbocycles. The van der Waals surface area contributed by atoms with Gasteiger partial charge in [-0.1, -0.05) is 151 Å². The van der Waals surface area contributed by atoms with Gasteiger partial charge in [0.2, 0.25) is 0 Å². The van der Waals surface area contributed by atoms with E-state index in [0.717, 1.165) is 40.5 Å². The van der Waals surface area contributed by atoms with E-state index in [-0.39, 0.29) is 23.0 Å². The van der Waals surface area contributed by atoms with E-state index in [0.29, 0.717) is 0 Å². The monoisotopic (exact) mass is 976 g/mol. The van der Waals surface area contributed by atoms with Crippen LogP contribution in [0.25, 0.3) is 64.4 Å². The molecule has 74 heavy (non-hydrogen) atoms. The fraction of sp³-hybridized carbons (Fsp3) is 0.217. The predicted molar refractivity (Wildman–Crippen MR) is 320 cm³/mol. The van der Waals surface area contributed by atoms with Crippen molar-refractivity contribution in [3.05, 3.63) is 197 Å². The van der Waals surface area contributed by atoms with E-state index in [2.05, 4.69) is 243 Å². The number of benzene rings is 9. The Hall–Kier alpha value is -7.34. The first-order valence-electron chi connectivity index (χ1n) is 26.6. The average molecular weight is 977 g/mol. The highest BCUT2D eigenvalue weighted by molar-refractivity contribution is 7.26. The summed E-state index contributed by atoms with van der Waals surface area (Å²) < 4.78 is 9.16. The minimum absolute atomic E-state index is 0.00320. The summed E-state index contributed by atoms with van der Waals surface area (Å²) in [5, 5.41) is 4.89. The molecule has 0 bridgehead atoms. The number of anilines is 6. The fourth-order valence-corrected chi connectivity index (χ4v) is 14.7. The molecule has 0 amide bonds. The maximum atomic E-state index is 6.55. The summed E-state index contributed by atoms with van der Waals surface area (Å²) in [5.74, 6) is 0. The predicted octanol–water partition coefficient (Wildman–Crippen LogP) is 17.9. The lowest BCUT2D eigenvalue weighted by molar-refractivity contribution is 0.332. The molecular weight excluding hydrogens is 916 g/mol. The first-order valence-corrected chi connectivity index (χ1v) is 27.5. The highest BCUT2D eigenvalue weighted by Gasteiger charge is 2.48. The van der Waals surface area contributed by atoms with Crippen molar-refractivity contribution in [2.75, 3.05) is 9.80 Å². The molecule has 11 aromatic rings. The van der Waals surface area contributed by atoms with Gasteiger partial charge in [-0.3, -0.25) is 0 Å². The third-order valence-electron chi connectivity index (χ3n) is 17.3. The molecule has 2 aliphatic heterocycles. The summed E-state index contributed by atoms with van der Waals surface area (Å²) in [7, 11) is 0. The number of para-hydroxylation sites is 1. The van der Waals surface area contributed by atoms with E-state index in [9.17, 15) is 0 Å². The van der Waals surface area contributed by atoms with E-state index in [4.69, 9.17) is 4.42 Å². The van der Waals surface area contributed by atoms with Crippen LogP contribution in [0.5, 0.6) is 0 Å². The normalized spacial score (nSPS) is 15.5. The summed E-state index contributed by atoms with van der Waals surface area (Å²) in [4.78, 5) is 5.36. The van der Waals surface area contributed by atoms with Crippen LogP contribution in [0.15, 0.2) is 168 Å². The average Bonchev–Trinajstić information content (AvgIpc) is 3.95. The molecule has 0 saturated heterocycles. The first kappa shape index (κ1) is 45.3. The number of rotatable bonds is 4. The maximum Gasteiger partial charge on any atom is 0.252 e. The van der Waals surface area contributed by atoms with Crippen LogP contribution >= 0.6 is 11.3 Å². The smallest absolute Gasteiger partial charge is 0.252 e. The van der Waals surface area contributed by atoms with E-state index >= 15 is 0 Å². The van der Waals surface area contributed by atoms with E-state index in [1.54, 1.807) is 0 Å². The Morgan fingerprint density at radius 1 is 0.527 bits per heavy atom. The molecule has 0 atom stereocenters. The molecule has 5 heteroatoms. The number of furan rings is 1. The van der Waals surface area contributed by atoms with Crippen LogP contribution in [0, 0.1) is 20.8 Å². The lowest BCUT2D eigenvalue weighted by Crippen LogP contribution is -2.62. The van der Waals surface area contributed by atoms with Gasteiger partial charge in [0.05, 0.1) is 11.4 Å². The minimum atomic E-state index is -0.0616. The van der Waals surface area contributed by atoms with Crippen LogP contribution in [0.1, 0.15) is 94.7 Å².